The van der Waals surface area contributed by atoms with Crippen LogP contribution in [-0.4, -0.2) is 61.1 Å². The lowest BCUT2D eigenvalue weighted by molar-refractivity contribution is -0.142. The van der Waals surface area contributed by atoms with E-state index in [9.17, 15) is 9.59 Å². The summed E-state index contributed by atoms with van der Waals surface area (Å²) in [5.41, 5.74) is 1.64. The second-order valence-electron chi connectivity index (χ2n) is 9.20. The van der Waals surface area contributed by atoms with Gasteiger partial charge in [0.05, 0.1) is 13.0 Å². The molecule has 2 saturated heterocycles. The second-order valence-corrected chi connectivity index (χ2v) is 9.20. The van der Waals surface area contributed by atoms with E-state index in [1.807, 2.05) is 29.2 Å². The van der Waals surface area contributed by atoms with Crippen molar-refractivity contribution in [2.24, 2.45) is 17.8 Å². The van der Waals surface area contributed by atoms with Gasteiger partial charge in [-0.3, -0.25) is 4.79 Å². The van der Waals surface area contributed by atoms with E-state index in [0.717, 1.165) is 49.0 Å². The highest BCUT2D eigenvalue weighted by molar-refractivity contribution is 5.89. The molecule has 166 valence electrons. The number of rotatable bonds is 6. The summed E-state index contributed by atoms with van der Waals surface area (Å²) in [7, 11) is 0. The van der Waals surface area contributed by atoms with E-state index in [1.165, 1.54) is 26.1 Å². The van der Waals surface area contributed by atoms with Gasteiger partial charge < -0.3 is 19.9 Å². The summed E-state index contributed by atoms with van der Waals surface area (Å²) >= 11 is 0. The van der Waals surface area contributed by atoms with Crippen molar-refractivity contribution in [3.8, 4) is 0 Å². The van der Waals surface area contributed by atoms with Crippen molar-refractivity contribution in [1.82, 2.24) is 9.80 Å². The maximum atomic E-state index is 12.6. The molecule has 2 aliphatic heterocycles. The maximum Gasteiger partial charge on any atom is 0.321 e. The van der Waals surface area contributed by atoms with Crippen LogP contribution in [0.5, 0.6) is 0 Å². The van der Waals surface area contributed by atoms with Gasteiger partial charge in [0.2, 0.25) is 0 Å². The van der Waals surface area contributed by atoms with Gasteiger partial charge in [-0.05, 0) is 61.6 Å². The third-order valence-electron chi connectivity index (χ3n) is 6.22. The Hall–Kier alpha value is -2.08. The topological polar surface area (TPSA) is 61.9 Å². The number of carbonyl (C=O) groups excluding carboxylic acids is 2. The second kappa shape index (κ2) is 10.8. The predicted octanol–water partition coefficient (Wildman–Crippen LogP) is 4.01. The third-order valence-corrected chi connectivity index (χ3v) is 6.22. The fourth-order valence-corrected chi connectivity index (χ4v) is 4.91. The minimum atomic E-state index is -0.231. The van der Waals surface area contributed by atoms with Crippen LogP contribution in [0.1, 0.15) is 45.6 Å². The lowest BCUT2D eigenvalue weighted by Crippen LogP contribution is -2.46. The number of piperidine rings is 2. The van der Waals surface area contributed by atoms with Crippen LogP contribution in [0.25, 0.3) is 0 Å². The molecular weight excluding hydrogens is 378 g/mol. The Morgan fingerprint density at radius 3 is 2.30 bits per heavy atom. The number of hydrogen-bond donors (Lipinski definition) is 1. The lowest BCUT2D eigenvalue weighted by atomic mass is 9.89. The summed E-state index contributed by atoms with van der Waals surface area (Å²) in [5, 5.41) is 2.99. The lowest BCUT2D eigenvalue weighted by Gasteiger charge is -2.39. The highest BCUT2D eigenvalue weighted by atomic mass is 16.5. The normalized spacial score (nSPS) is 23.2. The highest BCUT2D eigenvalue weighted by Gasteiger charge is 2.27. The smallest absolute Gasteiger partial charge is 0.321 e. The molecule has 1 N–H and O–H groups in total. The molecule has 0 bridgehead atoms. The molecule has 0 aliphatic carbocycles. The number of esters is 1. The van der Waals surface area contributed by atoms with Gasteiger partial charge in [0.15, 0.2) is 0 Å². The van der Waals surface area contributed by atoms with Gasteiger partial charge >= 0.3 is 12.0 Å². The zero-order valence-corrected chi connectivity index (χ0v) is 18.7. The summed E-state index contributed by atoms with van der Waals surface area (Å²) in [6.07, 6.45) is 3.75. The first-order valence-electron chi connectivity index (χ1n) is 11.5. The van der Waals surface area contributed by atoms with Crippen LogP contribution in [0, 0.1) is 17.8 Å². The van der Waals surface area contributed by atoms with E-state index in [-0.39, 0.29) is 18.4 Å². The monoisotopic (exact) mass is 415 g/mol. The van der Waals surface area contributed by atoms with Gasteiger partial charge in [0.1, 0.15) is 0 Å². The molecule has 0 saturated carbocycles. The molecular formula is C24H37N3O3. The maximum absolute atomic E-state index is 12.6. The molecule has 2 fully saturated rings. The summed E-state index contributed by atoms with van der Waals surface area (Å²) in [6.45, 7) is 12.2. The van der Waals surface area contributed by atoms with Crippen molar-refractivity contribution >= 4 is 17.7 Å². The summed E-state index contributed by atoms with van der Waals surface area (Å²) in [6, 6.07) is 7.38. The number of amides is 2. The molecule has 0 aromatic heterocycles. The first kappa shape index (κ1) is 22.6. The zero-order chi connectivity index (χ0) is 21.5. The van der Waals surface area contributed by atoms with Crippen molar-refractivity contribution in [2.75, 3.05) is 44.6 Å². The Kier molecular flexibility index (Phi) is 8.14. The number of benzene rings is 1. The molecule has 0 spiro atoms. The molecule has 2 atom stereocenters. The van der Waals surface area contributed by atoms with Crippen LogP contribution in [0.2, 0.25) is 0 Å². The van der Waals surface area contributed by atoms with Gasteiger partial charge in [0, 0.05) is 38.4 Å². The molecule has 1 aromatic carbocycles. The number of nitrogens with one attached hydrogen (secondary N) is 1. The van der Waals surface area contributed by atoms with Crippen molar-refractivity contribution in [1.29, 1.82) is 0 Å². The molecule has 2 amide bonds. The van der Waals surface area contributed by atoms with Crippen LogP contribution in [-0.2, 0) is 16.0 Å². The number of hydrogen-bond acceptors (Lipinski definition) is 4. The number of likely N-dealkylation sites (tertiary alicyclic amines) is 2. The summed E-state index contributed by atoms with van der Waals surface area (Å²) in [5.74, 6) is 2.05. The third kappa shape index (κ3) is 6.73. The average molecular weight is 416 g/mol. The van der Waals surface area contributed by atoms with E-state index < -0.39 is 0 Å². The number of anilines is 1. The largest absolute Gasteiger partial charge is 0.466 e. The Morgan fingerprint density at radius 2 is 1.70 bits per heavy atom. The zero-order valence-electron chi connectivity index (χ0n) is 18.7. The Bertz CT molecular complexity index is 688. The molecule has 2 heterocycles. The fourth-order valence-electron chi connectivity index (χ4n) is 4.91. The first-order valence-corrected chi connectivity index (χ1v) is 11.5. The van der Waals surface area contributed by atoms with Crippen LogP contribution in [0.15, 0.2) is 24.3 Å². The SMILES string of the molecule is CCOC(=O)Cc1ccc(NC(=O)N2CCC(CN3C[C@H](C)C[C@@H](C)C3)CC2)cc1. The van der Waals surface area contributed by atoms with Crippen LogP contribution >= 0.6 is 0 Å². The Balaban J connectivity index is 1.41. The van der Waals surface area contributed by atoms with Gasteiger partial charge in [-0.25, -0.2) is 4.79 Å². The van der Waals surface area contributed by atoms with Gasteiger partial charge in [-0.1, -0.05) is 26.0 Å². The highest BCUT2D eigenvalue weighted by Crippen LogP contribution is 2.25. The molecule has 0 radical (unpaired) electrons. The Morgan fingerprint density at radius 1 is 1.07 bits per heavy atom. The standard InChI is InChI=1S/C24H37N3O3/c1-4-30-23(28)14-20-5-7-22(8-6-20)25-24(29)27-11-9-21(10-12-27)17-26-15-18(2)13-19(3)16-26/h5-8,18-19,21H,4,9-17H2,1-3H3,(H,25,29)/t18-,19-/m1/s1. The van der Waals surface area contributed by atoms with Gasteiger partial charge in [-0.2, -0.15) is 0 Å². The predicted molar refractivity (Wildman–Crippen MR) is 119 cm³/mol. The van der Waals surface area contributed by atoms with Crippen molar-refractivity contribution in [3.63, 3.8) is 0 Å². The molecule has 30 heavy (non-hydrogen) atoms. The van der Waals surface area contributed by atoms with E-state index in [0.29, 0.717) is 12.5 Å². The average Bonchev–Trinajstić information content (AvgIpc) is 2.69. The molecule has 6 nitrogen and oxygen atoms in total. The van der Waals surface area contributed by atoms with Crippen LogP contribution in [0.4, 0.5) is 10.5 Å². The van der Waals surface area contributed by atoms with Crippen molar-refractivity contribution < 1.29 is 14.3 Å². The Labute approximate surface area is 180 Å². The van der Waals surface area contributed by atoms with E-state index >= 15 is 0 Å². The van der Waals surface area contributed by atoms with Gasteiger partial charge in [-0.15, -0.1) is 0 Å². The minimum absolute atomic E-state index is 0.0354. The number of ether oxygens (including phenoxy) is 1. The van der Waals surface area contributed by atoms with Crippen molar-refractivity contribution in [3.05, 3.63) is 29.8 Å². The minimum Gasteiger partial charge on any atom is -0.466 e. The summed E-state index contributed by atoms with van der Waals surface area (Å²) < 4.78 is 4.97. The molecule has 3 rings (SSSR count). The number of carbonyl (C=O) groups is 2. The quantitative estimate of drug-likeness (QED) is 0.713. The van der Waals surface area contributed by atoms with E-state index in [4.69, 9.17) is 4.74 Å². The molecule has 2 aliphatic rings. The van der Waals surface area contributed by atoms with Crippen LogP contribution in [0.3, 0.4) is 0 Å². The first-order chi connectivity index (χ1) is 14.4. The summed E-state index contributed by atoms with van der Waals surface area (Å²) in [4.78, 5) is 28.7. The van der Waals surface area contributed by atoms with Gasteiger partial charge in [0.25, 0.3) is 0 Å². The van der Waals surface area contributed by atoms with Crippen molar-refractivity contribution in [2.45, 2.75) is 46.5 Å². The van der Waals surface area contributed by atoms with E-state index in [1.54, 1.807) is 6.92 Å². The number of urea groups is 1. The molecule has 0 unspecified atom stereocenters. The van der Waals surface area contributed by atoms with E-state index in [2.05, 4.69) is 24.1 Å². The number of nitrogens with zero attached hydrogens (tertiary/aromatic N) is 2. The van der Waals surface area contributed by atoms with Crippen LogP contribution < -0.4 is 5.32 Å². The fraction of sp³-hybridized carbons (Fsp3) is 0.667. The molecule has 1 aromatic rings. The molecule has 6 heteroatoms.